The molecule has 0 aromatic carbocycles. The van der Waals surface area contributed by atoms with Gasteiger partial charge in [-0.15, -0.1) is 0 Å². The Labute approximate surface area is 292 Å². The van der Waals surface area contributed by atoms with Gasteiger partial charge < -0.3 is 59.1 Å². The molecule has 3 aliphatic heterocycles. The van der Waals surface area contributed by atoms with E-state index >= 15 is 0 Å². The maximum Gasteiger partial charge on any atom is 0.311 e. The van der Waals surface area contributed by atoms with E-state index in [0.717, 1.165) is 0 Å². The maximum absolute atomic E-state index is 13.9. The van der Waals surface area contributed by atoms with Crippen molar-refractivity contribution in [2.24, 2.45) is 17.8 Å². The normalized spacial score (nSPS) is 48.1. The van der Waals surface area contributed by atoms with E-state index in [1.54, 1.807) is 48.5 Å². The second-order valence-electron chi connectivity index (χ2n) is 15.7. The van der Waals surface area contributed by atoms with Gasteiger partial charge in [0.2, 0.25) is 5.91 Å². The highest BCUT2D eigenvalue weighted by Crippen LogP contribution is 2.39. The molecule has 3 saturated heterocycles. The molecule has 0 saturated carbocycles. The van der Waals surface area contributed by atoms with Gasteiger partial charge in [-0.1, -0.05) is 20.8 Å². The molecule has 1 amide bonds. The van der Waals surface area contributed by atoms with Crippen molar-refractivity contribution in [3.8, 4) is 0 Å². The molecule has 0 radical (unpaired) electrons. The third-order valence-corrected chi connectivity index (χ3v) is 10.9. The van der Waals surface area contributed by atoms with Crippen LogP contribution in [0.1, 0.15) is 88.0 Å². The van der Waals surface area contributed by atoms with Crippen molar-refractivity contribution in [3.63, 3.8) is 0 Å². The molecular formula is C35H64N2O12. The van der Waals surface area contributed by atoms with Crippen LogP contribution in [-0.2, 0) is 38.0 Å². The smallest absolute Gasteiger partial charge is 0.311 e. The number of hydrogen-bond acceptors (Lipinski definition) is 13. The molecule has 3 fully saturated rings. The maximum atomic E-state index is 13.9. The van der Waals surface area contributed by atoms with Crippen molar-refractivity contribution in [2.45, 2.75) is 166 Å². The van der Waals surface area contributed by atoms with Crippen LogP contribution in [0.5, 0.6) is 0 Å². The summed E-state index contributed by atoms with van der Waals surface area (Å²) in [6.07, 6.45) is -7.34. The van der Waals surface area contributed by atoms with E-state index < -0.39 is 95.6 Å². The Kier molecular flexibility index (Phi) is 14.1. The first-order valence-electron chi connectivity index (χ1n) is 17.7. The van der Waals surface area contributed by atoms with Crippen LogP contribution < -0.4 is 5.32 Å². The molecule has 49 heavy (non-hydrogen) atoms. The quantitative estimate of drug-likeness (QED) is 0.240. The van der Waals surface area contributed by atoms with Crippen LogP contribution >= 0.6 is 0 Å². The first-order chi connectivity index (χ1) is 22.6. The summed E-state index contributed by atoms with van der Waals surface area (Å²) in [5.41, 5.74) is -4.34. The third kappa shape index (κ3) is 9.70. The highest BCUT2D eigenvalue weighted by atomic mass is 16.7. The highest BCUT2D eigenvalue weighted by molar-refractivity contribution is 5.78. The Morgan fingerprint density at radius 3 is 2.16 bits per heavy atom. The SMILES string of the molecule is CC[C@H]1OC(=O)[C@H](C)[C@@H](O[C@H]2C[C@@](C)(OC)[C@@H](O)[C@H](C)O2)[C@H](C)[C@@H](O[C@@H]2O[C@H](C)C[C@H](N(C)C)[C@H]2O)[C@](C)(O)C[C@@H](C)C(=O)NC[C@]1(C)O. The number of β-amino-alcohol motifs (C(OH)–C–C–N with tert-alkyl or cyclic N) is 1. The number of amides is 1. The summed E-state index contributed by atoms with van der Waals surface area (Å²) >= 11 is 0. The minimum atomic E-state index is -1.73. The Bertz CT molecular complexity index is 1110. The van der Waals surface area contributed by atoms with Crippen molar-refractivity contribution in [1.82, 2.24) is 10.2 Å². The topological polar surface area (TPSA) is 186 Å². The fraction of sp³-hybridized carbons (Fsp3) is 0.943. The number of nitrogens with zero attached hydrogens (tertiary/aromatic N) is 1. The minimum Gasteiger partial charge on any atom is -0.459 e. The number of carbonyl (C=O) groups is 2. The second-order valence-corrected chi connectivity index (χ2v) is 15.7. The molecule has 14 heteroatoms. The van der Waals surface area contributed by atoms with Crippen molar-refractivity contribution in [1.29, 1.82) is 0 Å². The number of aliphatic hydroxyl groups excluding tert-OH is 2. The molecule has 3 rings (SSSR count). The summed E-state index contributed by atoms with van der Waals surface area (Å²) < 4.78 is 37.0. The predicted molar refractivity (Wildman–Crippen MR) is 179 cm³/mol. The van der Waals surface area contributed by atoms with Crippen LogP contribution in [-0.4, -0.2) is 143 Å². The lowest BCUT2D eigenvalue weighted by atomic mass is 9.77. The number of rotatable bonds is 7. The van der Waals surface area contributed by atoms with Gasteiger partial charge in [-0.25, -0.2) is 0 Å². The van der Waals surface area contributed by atoms with Crippen molar-refractivity contribution in [3.05, 3.63) is 0 Å². The number of esters is 1. The zero-order chi connectivity index (χ0) is 37.2. The standard InChI is InChI=1S/C35H64N2O12/c1-13-24-34(8,43)17-36-30(40)18(2)15-33(7,42)29(49-32-26(38)23(37(10)11)14-19(3)45-32)20(4)27(21(5)31(41)47-24)48-25-16-35(9,44-12)28(39)22(6)46-25/h18-29,32,38-39,42-43H,13-17H2,1-12H3,(H,36,40)/t18-,19-,20+,21-,22+,23+,24-,25+,26-,27+,28+,29-,32+,33-,34+,35-/m1/s1. The number of carbonyl (C=O) groups excluding carboxylic acids is 2. The summed E-state index contributed by atoms with van der Waals surface area (Å²) in [5.74, 6) is -3.61. The minimum absolute atomic E-state index is 0.0703. The Morgan fingerprint density at radius 2 is 1.59 bits per heavy atom. The van der Waals surface area contributed by atoms with Gasteiger partial charge >= 0.3 is 5.97 Å². The van der Waals surface area contributed by atoms with Crippen molar-refractivity contribution < 1.29 is 58.4 Å². The molecular weight excluding hydrogens is 640 g/mol. The van der Waals surface area contributed by atoms with Gasteiger partial charge in [-0.3, -0.25) is 9.59 Å². The fourth-order valence-electron chi connectivity index (χ4n) is 7.69. The van der Waals surface area contributed by atoms with E-state index in [1.165, 1.54) is 14.0 Å². The summed E-state index contributed by atoms with van der Waals surface area (Å²) in [6, 6.07) is -0.299. The predicted octanol–water partition coefficient (Wildman–Crippen LogP) is 1.34. The van der Waals surface area contributed by atoms with Crippen LogP contribution in [0.15, 0.2) is 0 Å². The van der Waals surface area contributed by atoms with E-state index in [2.05, 4.69) is 5.32 Å². The molecule has 0 aromatic heterocycles. The average molecular weight is 705 g/mol. The Hall–Kier alpha value is -1.46. The summed E-state index contributed by atoms with van der Waals surface area (Å²) in [5, 5.41) is 48.6. The second kappa shape index (κ2) is 16.5. The van der Waals surface area contributed by atoms with Crippen molar-refractivity contribution in [2.75, 3.05) is 27.7 Å². The van der Waals surface area contributed by atoms with Crippen LogP contribution in [0, 0.1) is 17.8 Å². The number of hydrogen-bond donors (Lipinski definition) is 5. The van der Waals surface area contributed by atoms with E-state index in [9.17, 15) is 30.0 Å². The summed E-state index contributed by atoms with van der Waals surface area (Å²) in [4.78, 5) is 29.2. The first kappa shape index (κ1) is 42.0. The molecule has 0 aliphatic carbocycles. The zero-order valence-electron chi connectivity index (χ0n) is 31.5. The third-order valence-electron chi connectivity index (χ3n) is 10.9. The number of ether oxygens (including phenoxy) is 6. The molecule has 0 unspecified atom stereocenters. The zero-order valence-corrected chi connectivity index (χ0v) is 31.5. The van der Waals surface area contributed by atoms with E-state index in [0.29, 0.717) is 6.42 Å². The molecule has 16 atom stereocenters. The molecule has 5 N–H and O–H groups in total. The fourth-order valence-corrected chi connectivity index (χ4v) is 7.69. The van der Waals surface area contributed by atoms with Crippen LogP contribution in [0.25, 0.3) is 0 Å². The summed E-state index contributed by atoms with van der Waals surface area (Å²) in [7, 11) is 5.21. The van der Waals surface area contributed by atoms with Crippen LogP contribution in [0.3, 0.4) is 0 Å². The monoisotopic (exact) mass is 704 g/mol. The van der Waals surface area contributed by atoms with E-state index in [4.69, 9.17) is 28.4 Å². The van der Waals surface area contributed by atoms with Gasteiger partial charge in [-0.05, 0) is 74.9 Å². The van der Waals surface area contributed by atoms with Gasteiger partial charge in [-0.2, -0.15) is 0 Å². The number of cyclic esters (lactones) is 1. The van der Waals surface area contributed by atoms with Gasteiger partial charge in [0.25, 0.3) is 0 Å². The molecule has 3 heterocycles. The van der Waals surface area contributed by atoms with Gasteiger partial charge in [0.05, 0.1) is 41.5 Å². The Morgan fingerprint density at radius 1 is 0.959 bits per heavy atom. The molecule has 0 bridgehead atoms. The molecule has 0 aromatic rings. The lowest BCUT2D eigenvalue weighted by Crippen LogP contribution is -2.61. The number of methoxy groups -OCH3 is 1. The molecule has 286 valence electrons. The lowest BCUT2D eigenvalue weighted by Gasteiger charge is -2.49. The molecule has 0 spiro atoms. The van der Waals surface area contributed by atoms with Gasteiger partial charge in [0, 0.05) is 38.0 Å². The lowest BCUT2D eigenvalue weighted by molar-refractivity contribution is -0.317. The van der Waals surface area contributed by atoms with Gasteiger partial charge in [0.1, 0.15) is 23.9 Å². The van der Waals surface area contributed by atoms with Gasteiger partial charge in [0.15, 0.2) is 12.6 Å². The number of likely N-dealkylation sites (N-methyl/N-ethyl adjacent to an activating group) is 1. The Balaban J connectivity index is 2.13. The summed E-state index contributed by atoms with van der Waals surface area (Å²) in [6.45, 7) is 15.0. The first-order valence-corrected chi connectivity index (χ1v) is 17.7. The average Bonchev–Trinajstić information content (AvgIpc) is 3.02. The van der Waals surface area contributed by atoms with Crippen molar-refractivity contribution >= 4 is 11.9 Å². The highest BCUT2D eigenvalue weighted by Gasteiger charge is 2.52. The van der Waals surface area contributed by atoms with E-state index in [-0.39, 0.29) is 38.0 Å². The van der Waals surface area contributed by atoms with E-state index in [1.807, 2.05) is 25.9 Å². The van der Waals surface area contributed by atoms with Crippen LogP contribution in [0.4, 0.5) is 0 Å². The molecule has 3 aliphatic rings. The number of nitrogens with one attached hydrogen (secondary N) is 1. The van der Waals surface area contributed by atoms with Crippen LogP contribution in [0.2, 0.25) is 0 Å². The largest absolute Gasteiger partial charge is 0.459 e. The molecule has 14 nitrogen and oxygen atoms in total. The number of aliphatic hydroxyl groups is 4.